The molecule has 3 rings (SSSR count). The smallest absolute Gasteiger partial charge is 0.223 e. The molecule has 1 atom stereocenters. The number of likely N-dealkylation sites (tertiary alicyclic amines) is 1. The van der Waals surface area contributed by atoms with Crippen molar-refractivity contribution in [2.24, 2.45) is 5.41 Å². The summed E-state index contributed by atoms with van der Waals surface area (Å²) in [4.78, 5) is 14.1. The van der Waals surface area contributed by atoms with Crippen LogP contribution in [0.4, 0.5) is 0 Å². The van der Waals surface area contributed by atoms with E-state index >= 15 is 0 Å². The van der Waals surface area contributed by atoms with Crippen molar-refractivity contribution in [1.29, 1.82) is 0 Å². The largest absolute Gasteiger partial charge is 0.338 e. The Morgan fingerprint density at radius 2 is 2.21 bits per heavy atom. The van der Waals surface area contributed by atoms with Gasteiger partial charge >= 0.3 is 0 Å². The van der Waals surface area contributed by atoms with E-state index in [0.29, 0.717) is 17.4 Å². The van der Waals surface area contributed by atoms with Crippen LogP contribution < -0.4 is 5.32 Å². The fraction of sp³-hybridized carbons (Fsp3) is 0.909. The van der Waals surface area contributed by atoms with E-state index in [1.165, 1.54) is 19.3 Å². The zero-order chi connectivity index (χ0) is 9.60. The van der Waals surface area contributed by atoms with Gasteiger partial charge in [-0.1, -0.05) is 0 Å². The minimum atomic E-state index is 0.419. The molecule has 2 aliphatic heterocycles. The highest BCUT2D eigenvalue weighted by Crippen LogP contribution is 2.54. The molecular formula is C11H18N2O. The van der Waals surface area contributed by atoms with Crippen molar-refractivity contribution in [3.8, 4) is 0 Å². The monoisotopic (exact) mass is 194 g/mol. The summed E-state index contributed by atoms with van der Waals surface area (Å²) < 4.78 is 0. The molecule has 78 valence electrons. The SMILES string of the molecule is O=C1CC2(CCN1C1CCNC1)CC2. The van der Waals surface area contributed by atoms with Gasteiger partial charge in [-0.05, 0) is 37.6 Å². The zero-order valence-electron chi connectivity index (χ0n) is 8.59. The van der Waals surface area contributed by atoms with Gasteiger partial charge in [-0.25, -0.2) is 0 Å². The number of piperidine rings is 1. The van der Waals surface area contributed by atoms with Crippen LogP contribution in [0, 0.1) is 5.41 Å². The Bertz CT molecular complexity index is 254. The maximum absolute atomic E-state index is 11.9. The van der Waals surface area contributed by atoms with Crippen molar-refractivity contribution in [2.75, 3.05) is 19.6 Å². The number of carbonyl (C=O) groups is 1. The molecule has 14 heavy (non-hydrogen) atoms. The fourth-order valence-electron chi connectivity index (χ4n) is 2.89. The molecule has 1 unspecified atom stereocenters. The molecule has 1 spiro atoms. The molecule has 1 amide bonds. The third-order valence-corrected chi connectivity index (χ3v) is 4.16. The second-order valence-electron chi connectivity index (χ2n) is 5.16. The summed E-state index contributed by atoms with van der Waals surface area (Å²) in [6.07, 6.45) is 5.85. The van der Waals surface area contributed by atoms with Crippen LogP contribution >= 0.6 is 0 Å². The minimum absolute atomic E-state index is 0.419. The van der Waals surface area contributed by atoms with Crippen LogP contribution in [0.5, 0.6) is 0 Å². The van der Waals surface area contributed by atoms with E-state index < -0.39 is 0 Å². The predicted octanol–water partition coefficient (Wildman–Crippen LogP) is 0.751. The zero-order valence-corrected chi connectivity index (χ0v) is 8.59. The van der Waals surface area contributed by atoms with Crippen LogP contribution in [-0.4, -0.2) is 36.5 Å². The van der Waals surface area contributed by atoms with Crippen molar-refractivity contribution in [3.05, 3.63) is 0 Å². The van der Waals surface area contributed by atoms with E-state index in [4.69, 9.17) is 0 Å². The van der Waals surface area contributed by atoms with Crippen LogP contribution in [0.15, 0.2) is 0 Å². The van der Waals surface area contributed by atoms with Gasteiger partial charge in [-0.2, -0.15) is 0 Å². The van der Waals surface area contributed by atoms with Crippen LogP contribution in [0.25, 0.3) is 0 Å². The van der Waals surface area contributed by atoms with Crippen molar-refractivity contribution < 1.29 is 4.79 Å². The molecular weight excluding hydrogens is 176 g/mol. The van der Waals surface area contributed by atoms with Gasteiger partial charge in [-0.15, -0.1) is 0 Å². The van der Waals surface area contributed by atoms with Gasteiger partial charge in [0.2, 0.25) is 5.91 Å². The van der Waals surface area contributed by atoms with Crippen molar-refractivity contribution in [3.63, 3.8) is 0 Å². The maximum atomic E-state index is 11.9. The van der Waals surface area contributed by atoms with E-state index in [2.05, 4.69) is 10.2 Å². The Hall–Kier alpha value is -0.570. The second-order valence-corrected chi connectivity index (χ2v) is 5.16. The van der Waals surface area contributed by atoms with Crippen molar-refractivity contribution in [1.82, 2.24) is 10.2 Å². The third kappa shape index (κ3) is 1.34. The first-order valence-electron chi connectivity index (χ1n) is 5.79. The number of hydrogen-bond acceptors (Lipinski definition) is 2. The summed E-state index contributed by atoms with van der Waals surface area (Å²) in [5.74, 6) is 0.419. The highest BCUT2D eigenvalue weighted by atomic mass is 16.2. The number of nitrogens with one attached hydrogen (secondary N) is 1. The predicted molar refractivity (Wildman–Crippen MR) is 53.9 cm³/mol. The minimum Gasteiger partial charge on any atom is -0.338 e. The van der Waals surface area contributed by atoms with Crippen molar-refractivity contribution in [2.45, 2.75) is 38.1 Å². The van der Waals surface area contributed by atoms with E-state index in [1.807, 2.05) is 0 Å². The van der Waals surface area contributed by atoms with E-state index in [1.54, 1.807) is 0 Å². The Morgan fingerprint density at radius 1 is 1.36 bits per heavy atom. The fourth-order valence-corrected chi connectivity index (χ4v) is 2.89. The number of carbonyl (C=O) groups excluding carboxylic acids is 1. The van der Waals surface area contributed by atoms with E-state index in [9.17, 15) is 4.79 Å². The first kappa shape index (κ1) is 8.72. The lowest BCUT2D eigenvalue weighted by Gasteiger charge is -2.35. The molecule has 1 saturated carbocycles. The first-order chi connectivity index (χ1) is 6.79. The van der Waals surface area contributed by atoms with Gasteiger partial charge in [-0.3, -0.25) is 4.79 Å². The number of nitrogens with zero attached hydrogens (tertiary/aromatic N) is 1. The van der Waals surface area contributed by atoms with Gasteiger partial charge in [0.25, 0.3) is 0 Å². The van der Waals surface area contributed by atoms with Crippen LogP contribution in [0.2, 0.25) is 0 Å². The molecule has 3 fully saturated rings. The average molecular weight is 194 g/mol. The molecule has 3 heteroatoms. The summed E-state index contributed by atoms with van der Waals surface area (Å²) in [6, 6.07) is 0.499. The molecule has 0 aromatic heterocycles. The highest BCUT2D eigenvalue weighted by molar-refractivity contribution is 5.78. The molecule has 1 aliphatic carbocycles. The van der Waals surface area contributed by atoms with E-state index in [0.717, 1.165) is 32.5 Å². The second kappa shape index (κ2) is 2.96. The van der Waals surface area contributed by atoms with Crippen LogP contribution in [-0.2, 0) is 4.79 Å². The molecule has 0 radical (unpaired) electrons. The van der Waals surface area contributed by atoms with Gasteiger partial charge in [0, 0.05) is 25.6 Å². The summed E-state index contributed by atoms with van der Waals surface area (Å²) in [6.45, 7) is 3.11. The first-order valence-corrected chi connectivity index (χ1v) is 5.79. The average Bonchev–Trinajstić information content (AvgIpc) is 2.72. The standard InChI is InChI=1S/C11H18N2O/c14-10-7-11(2-3-11)4-6-13(10)9-1-5-12-8-9/h9,12H,1-8H2. The lowest BCUT2D eigenvalue weighted by atomic mass is 9.92. The number of hydrogen-bond donors (Lipinski definition) is 1. The summed E-state index contributed by atoms with van der Waals surface area (Å²) in [5, 5.41) is 3.33. The Labute approximate surface area is 84.8 Å². The number of amides is 1. The Balaban J connectivity index is 1.66. The normalized spacial score (nSPS) is 35.3. The topological polar surface area (TPSA) is 32.3 Å². The molecule has 1 N–H and O–H groups in total. The lowest BCUT2D eigenvalue weighted by Crippen LogP contribution is -2.46. The summed E-state index contributed by atoms with van der Waals surface area (Å²) in [5.41, 5.74) is 0.472. The van der Waals surface area contributed by atoms with Gasteiger partial charge in [0.1, 0.15) is 0 Å². The molecule has 3 nitrogen and oxygen atoms in total. The van der Waals surface area contributed by atoms with Crippen LogP contribution in [0.1, 0.15) is 32.1 Å². The molecule has 0 aromatic carbocycles. The molecule has 2 saturated heterocycles. The summed E-state index contributed by atoms with van der Waals surface area (Å²) >= 11 is 0. The quantitative estimate of drug-likeness (QED) is 0.668. The van der Waals surface area contributed by atoms with Crippen LogP contribution in [0.3, 0.4) is 0 Å². The maximum Gasteiger partial charge on any atom is 0.223 e. The Morgan fingerprint density at radius 3 is 2.79 bits per heavy atom. The summed E-state index contributed by atoms with van der Waals surface area (Å²) in [7, 11) is 0. The molecule has 0 aromatic rings. The number of rotatable bonds is 1. The molecule has 3 aliphatic rings. The lowest BCUT2D eigenvalue weighted by molar-refractivity contribution is -0.137. The van der Waals surface area contributed by atoms with Crippen molar-refractivity contribution >= 4 is 5.91 Å². The van der Waals surface area contributed by atoms with Gasteiger partial charge < -0.3 is 10.2 Å². The Kier molecular flexibility index (Phi) is 1.84. The van der Waals surface area contributed by atoms with Gasteiger partial charge in [0.05, 0.1) is 0 Å². The third-order valence-electron chi connectivity index (χ3n) is 4.16. The van der Waals surface area contributed by atoms with E-state index in [-0.39, 0.29) is 0 Å². The molecule has 2 heterocycles. The highest BCUT2D eigenvalue weighted by Gasteiger charge is 2.48. The van der Waals surface area contributed by atoms with Gasteiger partial charge in [0.15, 0.2) is 0 Å². The molecule has 0 bridgehead atoms.